The molecular weight excluding hydrogens is 483 g/mol. The Morgan fingerprint density at radius 3 is 2.44 bits per heavy atom. The van der Waals surface area contributed by atoms with Gasteiger partial charge in [-0.25, -0.2) is 13.8 Å². The molecule has 0 spiro atoms. The van der Waals surface area contributed by atoms with Crippen LogP contribution in [0.1, 0.15) is 21.5 Å². The molecule has 2 aromatic carbocycles. The van der Waals surface area contributed by atoms with Crippen LogP contribution in [0.3, 0.4) is 0 Å². The van der Waals surface area contributed by atoms with Crippen LogP contribution in [0.5, 0.6) is 0 Å². The van der Waals surface area contributed by atoms with Crippen molar-refractivity contribution in [3.05, 3.63) is 99.3 Å². The molecule has 1 amide bonds. The second-order valence-corrected chi connectivity index (χ2v) is 8.11. The Bertz CT molecular complexity index is 1530. The van der Waals surface area contributed by atoms with Gasteiger partial charge in [-0.1, -0.05) is 18.2 Å². The molecule has 0 atom stereocenters. The molecule has 0 fully saturated rings. The lowest BCUT2D eigenvalue weighted by molar-refractivity contribution is -0.138. The molecule has 0 radical (unpaired) electrons. The van der Waals surface area contributed by atoms with Crippen LogP contribution in [0.25, 0.3) is 16.7 Å². The number of alkyl halides is 3. The maximum Gasteiger partial charge on any atom is 0.416 e. The van der Waals surface area contributed by atoms with Crippen LogP contribution in [-0.2, 0) is 12.7 Å². The van der Waals surface area contributed by atoms with Crippen molar-refractivity contribution in [1.29, 1.82) is 0 Å². The van der Waals surface area contributed by atoms with E-state index in [0.717, 1.165) is 29.0 Å². The summed E-state index contributed by atoms with van der Waals surface area (Å²) < 4.78 is 69.2. The molecule has 36 heavy (non-hydrogen) atoms. The Morgan fingerprint density at radius 2 is 1.78 bits per heavy atom. The summed E-state index contributed by atoms with van der Waals surface area (Å²) in [7, 11) is 3.41. The first-order chi connectivity index (χ1) is 17.0. The van der Waals surface area contributed by atoms with Crippen LogP contribution in [0.15, 0.2) is 65.6 Å². The molecule has 0 unspecified atom stereocenters. The van der Waals surface area contributed by atoms with E-state index in [4.69, 9.17) is 0 Å². The number of carbonyl (C=O) groups excluding carboxylic acids is 1. The van der Waals surface area contributed by atoms with E-state index < -0.39 is 46.8 Å². The third-order valence-electron chi connectivity index (χ3n) is 5.47. The van der Waals surface area contributed by atoms with Crippen LogP contribution < -0.4 is 15.6 Å². The van der Waals surface area contributed by atoms with Crippen molar-refractivity contribution < 1.29 is 26.7 Å². The lowest BCUT2D eigenvalue weighted by atomic mass is 10.1. The molecule has 0 aliphatic rings. The van der Waals surface area contributed by atoms with Crippen molar-refractivity contribution in [2.75, 3.05) is 19.0 Å². The number of anilines is 1. The smallest absolute Gasteiger partial charge is 0.363 e. The van der Waals surface area contributed by atoms with Gasteiger partial charge >= 0.3 is 6.18 Å². The Kier molecular flexibility index (Phi) is 6.49. The van der Waals surface area contributed by atoms with Crippen molar-refractivity contribution in [1.82, 2.24) is 14.9 Å². The summed E-state index contributed by atoms with van der Waals surface area (Å²) in [5.41, 5.74) is -2.48. The number of amides is 1. The number of nitrogens with one attached hydrogen (secondary N) is 1. The van der Waals surface area contributed by atoms with E-state index in [1.54, 1.807) is 19.0 Å². The number of hydrogen-bond donors (Lipinski definition) is 1. The largest absolute Gasteiger partial charge is 0.416 e. The first kappa shape index (κ1) is 24.8. The summed E-state index contributed by atoms with van der Waals surface area (Å²) in [4.78, 5) is 32.1. The van der Waals surface area contributed by atoms with E-state index >= 15 is 0 Å². The summed E-state index contributed by atoms with van der Waals surface area (Å²) in [5, 5.41) is 2.30. The van der Waals surface area contributed by atoms with Gasteiger partial charge in [0, 0.05) is 32.9 Å². The minimum atomic E-state index is -4.63. The zero-order valence-corrected chi connectivity index (χ0v) is 19.0. The van der Waals surface area contributed by atoms with Crippen LogP contribution in [0.4, 0.5) is 27.8 Å². The minimum Gasteiger partial charge on any atom is -0.363 e. The summed E-state index contributed by atoms with van der Waals surface area (Å²) in [6, 6.07) is 10.4. The zero-order valence-electron chi connectivity index (χ0n) is 19.0. The maximum absolute atomic E-state index is 14.7. The number of halogens is 5. The molecule has 4 aromatic rings. The number of benzene rings is 2. The Morgan fingerprint density at radius 1 is 1.06 bits per heavy atom. The van der Waals surface area contributed by atoms with Gasteiger partial charge in [-0.3, -0.25) is 14.2 Å². The summed E-state index contributed by atoms with van der Waals surface area (Å²) in [6.07, 6.45) is -3.59. The Hall–Kier alpha value is -4.28. The van der Waals surface area contributed by atoms with Gasteiger partial charge in [0.15, 0.2) is 5.65 Å². The number of carbonyl (C=O) groups is 1. The molecular formula is C25H19F5N4O2. The topological polar surface area (TPSA) is 67.2 Å². The molecule has 2 heterocycles. The second-order valence-electron chi connectivity index (χ2n) is 8.11. The van der Waals surface area contributed by atoms with Crippen molar-refractivity contribution >= 4 is 22.8 Å². The third kappa shape index (κ3) is 4.77. The molecule has 0 saturated carbocycles. The highest BCUT2D eigenvalue weighted by Crippen LogP contribution is 2.31. The molecule has 1 N–H and O–H groups in total. The minimum absolute atomic E-state index is 0.00988. The number of nitrogens with zero attached hydrogens (tertiary/aromatic N) is 3. The maximum atomic E-state index is 14.7. The standard InChI is InChI=1S/C25H19F5N4O2/c1-33(2)21-10-8-16-22(35)17(13-34(23(16)32-21)20-9-7-15(26)11-19(20)27)24(36)31-12-14-5-3-4-6-18(14)25(28,29)30/h3-11,13H,12H2,1-2H3,(H,31,36). The lowest BCUT2D eigenvalue weighted by Crippen LogP contribution is -2.30. The molecule has 6 nitrogen and oxygen atoms in total. The zero-order chi connectivity index (χ0) is 26.2. The normalized spacial score (nSPS) is 11.5. The lowest BCUT2D eigenvalue weighted by Gasteiger charge is -2.17. The van der Waals surface area contributed by atoms with Gasteiger partial charge in [-0.2, -0.15) is 13.2 Å². The molecule has 0 aliphatic carbocycles. The first-order valence-corrected chi connectivity index (χ1v) is 10.6. The first-order valence-electron chi connectivity index (χ1n) is 10.6. The van der Waals surface area contributed by atoms with Crippen molar-refractivity contribution in [2.24, 2.45) is 0 Å². The second kappa shape index (κ2) is 9.40. The molecule has 0 saturated heterocycles. The number of aromatic nitrogens is 2. The molecule has 186 valence electrons. The Balaban J connectivity index is 1.82. The highest BCUT2D eigenvalue weighted by Gasteiger charge is 2.33. The van der Waals surface area contributed by atoms with Gasteiger partial charge in [0.05, 0.1) is 16.6 Å². The van der Waals surface area contributed by atoms with E-state index in [0.29, 0.717) is 11.9 Å². The highest BCUT2D eigenvalue weighted by molar-refractivity contribution is 5.97. The van der Waals surface area contributed by atoms with Gasteiger partial charge in [-0.05, 0) is 35.9 Å². The van der Waals surface area contributed by atoms with Crippen LogP contribution in [0.2, 0.25) is 0 Å². The van der Waals surface area contributed by atoms with Crippen LogP contribution in [0, 0.1) is 11.6 Å². The fourth-order valence-corrected chi connectivity index (χ4v) is 3.69. The number of fused-ring (bicyclic) bond motifs is 1. The van der Waals surface area contributed by atoms with Gasteiger partial charge in [0.2, 0.25) is 5.43 Å². The SMILES string of the molecule is CN(C)c1ccc2c(=O)c(C(=O)NCc3ccccc3C(F)(F)F)cn(-c3ccc(F)cc3F)c2n1. The fraction of sp³-hybridized carbons (Fsp3) is 0.160. The monoisotopic (exact) mass is 502 g/mol. The van der Waals surface area contributed by atoms with Crippen molar-refractivity contribution in [3.8, 4) is 5.69 Å². The van der Waals surface area contributed by atoms with Crippen LogP contribution in [-0.4, -0.2) is 29.6 Å². The fourth-order valence-electron chi connectivity index (χ4n) is 3.69. The van der Waals surface area contributed by atoms with E-state index in [1.165, 1.54) is 30.3 Å². The highest BCUT2D eigenvalue weighted by atomic mass is 19.4. The molecule has 11 heteroatoms. The van der Waals surface area contributed by atoms with E-state index in [1.807, 2.05) is 0 Å². The average Bonchev–Trinajstić information content (AvgIpc) is 2.82. The van der Waals surface area contributed by atoms with Crippen LogP contribution >= 0.6 is 0 Å². The number of pyridine rings is 2. The quantitative estimate of drug-likeness (QED) is 0.403. The van der Waals surface area contributed by atoms with Gasteiger partial charge in [0.25, 0.3) is 5.91 Å². The summed E-state index contributed by atoms with van der Waals surface area (Å²) >= 11 is 0. The predicted octanol–water partition coefficient (Wildman–Crippen LogP) is 4.68. The number of hydrogen-bond acceptors (Lipinski definition) is 4. The van der Waals surface area contributed by atoms with Crippen molar-refractivity contribution in [3.63, 3.8) is 0 Å². The van der Waals surface area contributed by atoms with E-state index in [2.05, 4.69) is 10.3 Å². The van der Waals surface area contributed by atoms with Gasteiger partial charge < -0.3 is 10.2 Å². The summed E-state index contributed by atoms with van der Waals surface area (Å²) in [5.74, 6) is -2.33. The third-order valence-corrected chi connectivity index (χ3v) is 5.47. The van der Waals surface area contributed by atoms with Gasteiger partial charge in [-0.15, -0.1) is 0 Å². The molecule has 0 aliphatic heterocycles. The number of rotatable bonds is 5. The van der Waals surface area contributed by atoms with E-state index in [9.17, 15) is 31.5 Å². The molecule has 0 bridgehead atoms. The van der Waals surface area contributed by atoms with Gasteiger partial charge in [0.1, 0.15) is 23.0 Å². The predicted molar refractivity (Wildman–Crippen MR) is 124 cm³/mol. The molecule has 2 aromatic heterocycles. The average molecular weight is 502 g/mol. The summed E-state index contributed by atoms with van der Waals surface area (Å²) in [6.45, 7) is -0.505. The van der Waals surface area contributed by atoms with Crippen molar-refractivity contribution in [2.45, 2.75) is 12.7 Å². The van der Waals surface area contributed by atoms with E-state index in [-0.39, 0.29) is 22.3 Å². The molecule has 4 rings (SSSR count). The Labute approximate surface area is 201 Å².